The summed E-state index contributed by atoms with van der Waals surface area (Å²) in [5.74, 6) is 0. The Morgan fingerprint density at radius 1 is 1.28 bits per heavy atom. The fourth-order valence-electron chi connectivity index (χ4n) is 1.91. The molecule has 0 spiro atoms. The summed E-state index contributed by atoms with van der Waals surface area (Å²) in [4.78, 5) is 1.24. The first kappa shape index (κ1) is 13.0. The third-order valence-electron chi connectivity index (χ3n) is 2.96. The van der Waals surface area contributed by atoms with E-state index >= 15 is 0 Å². The molecule has 0 saturated heterocycles. The average Bonchev–Trinajstić information content (AvgIpc) is 2.60. The zero-order valence-electron chi connectivity index (χ0n) is 11.3. The number of hydrogen-bond acceptors (Lipinski definition) is 3. The molecule has 0 aliphatic carbocycles. The van der Waals surface area contributed by atoms with E-state index in [1.165, 1.54) is 16.0 Å². The highest BCUT2D eigenvalue weighted by atomic mass is 32.2. The molecule has 2 rings (SSSR count). The molecule has 18 heavy (non-hydrogen) atoms. The fourth-order valence-corrected chi connectivity index (χ4v) is 3.01. The summed E-state index contributed by atoms with van der Waals surface area (Å²) >= 11 is 1.70. The summed E-state index contributed by atoms with van der Waals surface area (Å²) in [5.41, 5.74) is 10.4. The van der Waals surface area contributed by atoms with Crippen molar-refractivity contribution in [2.75, 3.05) is 5.73 Å². The van der Waals surface area contributed by atoms with Crippen molar-refractivity contribution in [1.82, 2.24) is 9.78 Å². The molecule has 1 aromatic heterocycles. The van der Waals surface area contributed by atoms with Crippen LogP contribution in [0.4, 0.5) is 5.69 Å². The van der Waals surface area contributed by atoms with E-state index in [4.69, 9.17) is 5.73 Å². The molecule has 0 aliphatic rings. The third-order valence-corrected chi connectivity index (χ3v) is 4.26. The van der Waals surface area contributed by atoms with Crippen molar-refractivity contribution >= 4 is 17.4 Å². The van der Waals surface area contributed by atoms with Crippen LogP contribution >= 0.6 is 11.8 Å². The molecule has 3 nitrogen and oxygen atoms in total. The van der Waals surface area contributed by atoms with Crippen LogP contribution in [0.3, 0.4) is 0 Å². The van der Waals surface area contributed by atoms with E-state index in [0.717, 1.165) is 23.0 Å². The largest absolute Gasteiger partial charge is 0.395 e. The summed E-state index contributed by atoms with van der Waals surface area (Å²) in [6.45, 7) is 9.11. The van der Waals surface area contributed by atoms with Crippen LogP contribution in [0.25, 0.3) is 0 Å². The summed E-state index contributed by atoms with van der Waals surface area (Å²) < 4.78 is 1.97. The van der Waals surface area contributed by atoms with Crippen LogP contribution in [0.15, 0.2) is 28.1 Å². The summed E-state index contributed by atoms with van der Waals surface area (Å²) in [6.07, 6.45) is 0. The SMILES string of the molecule is CCn1nc(C)c(N)c1Sc1ccc(C)cc1C. The van der Waals surface area contributed by atoms with E-state index in [1.807, 2.05) is 11.6 Å². The number of rotatable bonds is 3. The number of anilines is 1. The fraction of sp³-hybridized carbons (Fsp3) is 0.357. The Bertz CT molecular complexity index is 573. The summed E-state index contributed by atoms with van der Waals surface area (Å²) in [7, 11) is 0. The van der Waals surface area contributed by atoms with E-state index in [1.54, 1.807) is 11.8 Å². The van der Waals surface area contributed by atoms with Gasteiger partial charge in [-0.1, -0.05) is 29.5 Å². The number of hydrogen-bond donors (Lipinski definition) is 1. The first-order chi connectivity index (χ1) is 8.52. The lowest BCUT2D eigenvalue weighted by molar-refractivity contribution is 0.602. The van der Waals surface area contributed by atoms with Gasteiger partial charge in [-0.05, 0) is 39.3 Å². The first-order valence-electron chi connectivity index (χ1n) is 6.11. The van der Waals surface area contributed by atoms with Crippen molar-refractivity contribution < 1.29 is 0 Å². The maximum Gasteiger partial charge on any atom is 0.122 e. The Labute approximate surface area is 112 Å². The van der Waals surface area contributed by atoms with Crippen LogP contribution in [0, 0.1) is 20.8 Å². The van der Waals surface area contributed by atoms with Crippen LogP contribution in [0.5, 0.6) is 0 Å². The van der Waals surface area contributed by atoms with E-state index in [0.29, 0.717) is 0 Å². The van der Waals surface area contributed by atoms with Gasteiger partial charge in [-0.2, -0.15) is 5.10 Å². The molecule has 0 radical (unpaired) electrons. The van der Waals surface area contributed by atoms with Crippen molar-refractivity contribution in [3.8, 4) is 0 Å². The Morgan fingerprint density at radius 3 is 2.61 bits per heavy atom. The highest BCUT2D eigenvalue weighted by molar-refractivity contribution is 7.99. The van der Waals surface area contributed by atoms with E-state index in [2.05, 4.69) is 44.1 Å². The van der Waals surface area contributed by atoms with Gasteiger partial charge in [0.25, 0.3) is 0 Å². The maximum absolute atomic E-state index is 6.10. The van der Waals surface area contributed by atoms with Crippen LogP contribution in [0.2, 0.25) is 0 Å². The standard InChI is InChI=1S/C14H19N3S/c1-5-17-14(13(15)11(4)16-17)18-12-7-6-9(2)8-10(12)3/h6-8H,5,15H2,1-4H3. The zero-order chi connectivity index (χ0) is 13.3. The van der Waals surface area contributed by atoms with E-state index in [9.17, 15) is 0 Å². The lowest BCUT2D eigenvalue weighted by atomic mass is 10.2. The lowest BCUT2D eigenvalue weighted by Gasteiger charge is -2.08. The van der Waals surface area contributed by atoms with Crippen molar-refractivity contribution in [2.45, 2.75) is 44.2 Å². The molecule has 4 heteroatoms. The molecule has 0 aliphatic heterocycles. The molecular formula is C14H19N3S. The second kappa shape index (κ2) is 5.06. The van der Waals surface area contributed by atoms with Crippen molar-refractivity contribution in [3.63, 3.8) is 0 Å². The highest BCUT2D eigenvalue weighted by Crippen LogP contribution is 2.35. The second-order valence-corrected chi connectivity index (χ2v) is 5.52. The topological polar surface area (TPSA) is 43.8 Å². The Hall–Kier alpha value is -1.42. The molecule has 2 aromatic rings. The number of nitrogens with two attached hydrogens (primary N) is 1. The third kappa shape index (κ3) is 2.38. The van der Waals surface area contributed by atoms with Gasteiger partial charge in [-0.25, -0.2) is 0 Å². The minimum atomic E-state index is 0.793. The highest BCUT2D eigenvalue weighted by Gasteiger charge is 2.13. The molecule has 0 unspecified atom stereocenters. The maximum atomic E-state index is 6.10. The summed E-state index contributed by atoms with van der Waals surface area (Å²) in [6, 6.07) is 6.47. The Balaban J connectivity index is 2.39. The number of aryl methyl sites for hydroxylation is 4. The van der Waals surface area contributed by atoms with Crippen molar-refractivity contribution in [2.24, 2.45) is 0 Å². The quantitative estimate of drug-likeness (QED) is 0.918. The predicted molar refractivity (Wildman–Crippen MR) is 77.1 cm³/mol. The first-order valence-corrected chi connectivity index (χ1v) is 6.92. The number of nitrogen functional groups attached to an aromatic ring is 1. The van der Waals surface area contributed by atoms with Crippen molar-refractivity contribution in [1.29, 1.82) is 0 Å². The molecule has 0 atom stereocenters. The molecule has 1 aromatic carbocycles. The molecule has 0 fully saturated rings. The summed E-state index contributed by atoms with van der Waals surface area (Å²) in [5, 5.41) is 5.49. The zero-order valence-corrected chi connectivity index (χ0v) is 12.1. The van der Waals surface area contributed by atoms with Crippen LogP contribution in [-0.2, 0) is 6.54 Å². The minimum Gasteiger partial charge on any atom is -0.395 e. The van der Waals surface area contributed by atoms with Gasteiger partial charge in [0.2, 0.25) is 0 Å². The van der Waals surface area contributed by atoms with Gasteiger partial charge in [0.05, 0.1) is 11.4 Å². The van der Waals surface area contributed by atoms with Crippen molar-refractivity contribution in [3.05, 3.63) is 35.0 Å². The van der Waals surface area contributed by atoms with Gasteiger partial charge in [-0.15, -0.1) is 0 Å². The molecule has 0 bridgehead atoms. The molecule has 96 valence electrons. The normalized spacial score (nSPS) is 10.9. The second-order valence-electron chi connectivity index (χ2n) is 4.49. The Kier molecular flexibility index (Phi) is 3.66. The molecule has 0 amide bonds. The number of nitrogens with zero attached hydrogens (tertiary/aromatic N) is 2. The van der Waals surface area contributed by atoms with Crippen LogP contribution in [-0.4, -0.2) is 9.78 Å². The molecular weight excluding hydrogens is 242 g/mol. The number of aromatic nitrogens is 2. The average molecular weight is 261 g/mol. The molecule has 2 N–H and O–H groups in total. The number of benzene rings is 1. The molecule has 1 heterocycles. The van der Waals surface area contributed by atoms with Gasteiger partial charge in [-0.3, -0.25) is 4.68 Å². The van der Waals surface area contributed by atoms with Gasteiger partial charge >= 0.3 is 0 Å². The van der Waals surface area contributed by atoms with E-state index < -0.39 is 0 Å². The predicted octanol–water partition coefficient (Wildman–Crippen LogP) is 3.56. The minimum absolute atomic E-state index is 0.793. The molecule has 0 saturated carbocycles. The Morgan fingerprint density at radius 2 is 2.00 bits per heavy atom. The van der Waals surface area contributed by atoms with Crippen LogP contribution < -0.4 is 5.73 Å². The van der Waals surface area contributed by atoms with E-state index in [-0.39, 0.29) is 0 Å². The smallest absolute Gasteiger partial charge is 0.122 e. The van der Waals surface area contributed by atoms with Gasteiger partial charge in [0.1, 0.15) is 5.03 Å². The monoisotopic (exact) mass is 261 g/mol. The van der Waals surface area contributed by atoms with Gasteiger partial charge in [0.15, 0.2) is 0 Å². The lowest BCUT2D eigenvalue weighted by Crippen LogP contribution is -1.99. The van der Waals surface area contributed by atoms with Gasteiger partial charge < -0.3 is 5.73 Å². The van der Waals surface area contributed by atoms with Crippen LogP contribution in [0.1, 0.15) is 23.7 Å². The van der Waals surface area contributed by atoms with Gasteiger partial charge in [0, 0.05) is 11.4 Å².